The molecule has 4 rings (SSSR count). The van der Waals surface area contributed by atoms with E-state index in [1.807, 2.05) is 12.1 Å². The maximum Gasteiger partial charge on any atom is 0.416 e. The molecule has 0 spiro atoms. The number of hydrogen-bond acceptors (Lipinski definition) is 4. The maximum atomic E-state index is 13.3. The number of halogens is 3. The first-order valence-electron chi connectivity index (χ1n) is 13.6. The van der Waals surface area contributed by atoms with Gasteiger partial charge in [-0.25, -0.2) is 0 Å². The number of amidine groups is 1. The molecule has 2 aromatic carbocycles. The number of benzene rings is 2. The Morgan fingerprint density at radius 1 is 1.05 bits per heavy atom. The molecule has 0 bridgehead atoms. The third-order valence-corrected chi connectivity index (χ3v) is 7.82. The number of hydrogen-bond donors (Lipinski definition) is 2. The fourth-order valence-electron chi connectivity index (χ4n) is 5.52. The quantitative estimate of drug-likeness (QED) is 0.400. The second-order valence-electron chi connectivity index (χ2n) is 11.6. The minimum absolute atomic E-state index is 0.0345. The van der Waals surface area contributed by atoms with Gasteiger partial charge in [0.1, 0.15) is 6.61 Å². The van der Waals surface area contributed by atoms with Crippen LogP contribution in [-0.2, 0) is 15.7 Å². The van der Waals surface area contributed by atoms with Gasteiger partial charge in [0.2, 0.25) is 0 Å². The van der Waals surface area contributed by atoms with E-state index >= 15 is 0 Å². The molecule has 1 amide bonds. The normalized spacial score (nSPS) is 22.7. The number of nitrogens with zero attached hydrogens (tertiary/aromatic N) is 2. The number of rotatable bonds is 7. The molecular weight excluding hydrogens is 523 g/mol. The Bertz CT molecular complexity index is 1230. The Balaban J connectivity index is 1.59. The van der Waals surface area contributed by atoms with Gasteiger partial charge in [0.25, 0.3) is 11.9 Å². The molecule has 1 unspecified atom stereocenters. The van der Waals surface area contributed by atoms with E-state index in [1.165, 1.54) is 12.1 Å². The summed E-state index contributed by atoms with van der Waals surface area (Å²) in [6.45, 7) is 7.06. The highest BCUT2D eigenvalue weighted by atomic mass is 19.4. The second-order valence-corrected chi connectivity index (χ2v) is 11.6. The molecule has 7 nitrogen and oxygen atoms in total. The third kappa shape index (κ3) is 7.14. The first-order valence-corrected chi connectivity index (χ1v) is 13.6. The molecule has 1 atom stereocenters. The van der Waals surface area contributed by atoms with Crippen LogP contribution in [0, 0.1) is 11.3 Å². The topological polar surface area (TPSA) is 91.2 Å². The van der Waals surface area contributed by atoms with E-state index in [1.54, 1.807) is 12.1 Å². The Morgan fingerprint density at radius 2 is 1.73 bits per heavy atom. The molecule has 216 valence electrons. The number of nitrogens with one attached hydrogen (secondary N) is 1. The number of alkyl halides is 3. The number of carbonyl (C=O) groups excluding carboxylic acids is 1. The molecule has 1 saturated heterocycles. The summed E-state index contributed by atoms with van der Waals surface area (Å²) in [6.07, 6.45) is -0.750. The highest BCUT2D eigenvalue weighted by molar-refractivity contribution is 5.94. The van der Waals surface area contributed by atoms with Gasteiger partial charge in [0.05, 0.1) is 23.7 Å². The first-order chi connectivity index (χ1) is 18.8. The number of carboxylic acid groups (broad SMARTS) is 1. The van der Waals surface area contributed by atoms with E-state index in [4.69, 9.17) is 9.84 Å². The van der Waals surface area contributed by atoms with Crippen LogP contribution in [0.15, 0.2) is 53.5 Å². The van der Waals surface area contributed by atoms with Crippen molar-refractivity contribution < 1.29 is 32.6 Å². The molecule has 40 heavy (non-hydrogen) atoms. The van der Waals surface area contributed by atoms with Gasteiger partial charge in [-0.15, -0.1) is 0 Å². The summed E-state index contributed by atoms with van der Waals surface area (Å²) >= 11 is 0. The van der Waals surface area contributed by atoms with E-state index in [2.05, 4.69) is 36.0 Å². The Hall–Kier alpha value is -3.56. The van der Waals surface area contributed by atoms with Crippen LogP contribution in [0.5, 0.6) is 0 Å². The zero-order chi connectivity index (χ0) is 29.1. The molecule has 1 aliphatic heterocycles. The average molecular weight is 560 g/mol. The summed E-state index contributed by atoms with van der Waals surface area (Å²) in [7, 11) is 0. The minimum atomic E-state index is -4.47. The predicted molar refractivity (Wildman–Crippen MR) is 145 cm³/mol. The lowest BCUT2D eigenvalue weighted by Gasteiger charge is -2.41. The SMILES string of the molecule is CC(C)(C)C1CCC(N2/C(=N/c3cccc(C(F)(F)F)c3)OCC2c2ccc(C(=O)NCCC(=O)O)cc2)CC1. The summed E-state index contributed by atoms with van der Waals surface area (Å²) in [4.78, 5) is 29.7. The summed E-state index contributed by atoms with van der Waals surface area (Å²) < 4.78 is 46.0. The molecular formula is C30H36F3N3O4. The van der Waals surface area contributed by atoms with Gasteiger partial charge in [-0.3, -0.25) is 9.59 Å². The van der Waals surface area contributed by atoms with E-state index in [0.29, 0.717) is 17.5 Å². The van der Waals surface area contributed by atoms with Crippen molar-refractivity contribution in [2.75, 3.05) is 13.2 Å². The van der Waals surface area contributed by atoms with Crippen LogP contribution in [0.2, 0.25) is 0 Å². The van der Waals surface area contributed by atoms with Gasteiger partial charge in [0, 0.05) is 18.2 Å². The number of amides is 1. The molecule has 2 aliphatic rings. The average Bonchev–Trinajstić information content (AvgIpc) is 3.31. The monoisotopic (exact) mass is 559 g/mol. The van der Waals surface area contributed by atoms with Gasteiger partial charge >= 0.3 is 12.1 Å². The van der Waals surface area contributed by atoms with Crippen molar-refractivity contribution in [2.24, 2.45) is 16.3 Å². The molecule has 2 fully saturated rings. The fourth-order valence-corrected chi connectivity index (χ4v) is 5.52. The lowest BCUT2D eigenvalue weighted by molar-refractivity contribution is -0.138. The Labute approximate surface area is 232 Å². The smallest absolute Gasteiger partial charge is 0.416 e. The number of aliphatic carboxylic acids is 1. The highest BCUT2D eigenvalue weighted by Gasteiger charge is 2.41. The zero-order valence-corrected chi connectivity index (χ0v) is 23.0. The lowest BCUT2D eigenvalue weighted by Crippen LogP contribution is -2.42. The number of carboxylic acids is 1. The summed E-state index contributed by atoms with van der Waals surface area (Å²) in [5.41, 5.74) is 0.907. The van der Waals surface area contributed by atoms with Crippen LogP contribution >= 0.6 is 0 Å². The van der Waals surface area contributed by atoms with E-state index in [9.17, 15) is 22.8 Å². The first kappa shape index (κ1) is 29.4. The van der Waals surface area contributed by atoms with Crippen molar-refractivity contribution in [2.45, 2.75) is 71.1 Å². The largest absolute Gasteiger partial charge is 0.481 e. The van der Waals surface area contributed by atoms with Crippen LogP contribution in [-0.4, -0.2) is 47.1 Å². The summed E-state index contributed by atoms with van der Waals surface area (Å²) in [6, 6.07) is 12.1. The van der Waals surface area contributed by atoms with Crippen LogP contribution in [0.4, 0.5) is 18.9 Å². The highest BCUT2D eigenvalue weighted by Crippen LogP contribution is 2.42. The van der Waals surface area contributed by atoms with Gasteiger partial charge in [-0.05, 0) is 72.9 Å². The van der Waals surface area contributed by atoms with Crippen LogP contribution in [0.1, 0.15) is 80.4 Å². The third-order valence-electron chi connectivity index (χ3n) is 7.82. The fraction of sp³-hybridized carbons (Fsp3) is 0.500. The predicted octanol–water partition coefficient (Wildman–Crippen LogP) is 6.58. The molecule has 10 heteroatoms. The molecule has 0 aromatic heterocycles. The Kier molecular flexibility index (Phi) is 8.75. The van der Waals surface area contributed by atoms with E-state index in [-0.39, 0.29) is 48.7 Å². The summed E-state index contributed by atoms with van der Waals surface area (Å²) in [5, 5.41) is 11.4. The van der Waals surface area contributed by atoms with Gasteiger partial charge < -0.3 is 20.1 Å². The molecule has 1 saturated carbocycles. The number of aliphatic imine (C=N–C) groups is 1. The van der Waals surface area contributed by atoms with E-state index in [0.717, 1.165) is 43.4 Å². The molecule has 2 N–H and O–H groups in total. The van der Waals surface area contributed by atoms with Crippen molar-refractivity contribution in [1.82, 2.24) is 10.2 Å². The van der Waals surface area contributed by atoms with Gasteiger partial charge in [-0.2, -0.15) is 18.2 Å². The van der Waals surface area contributed by atoms with Crippen LogP contribution in [0.25, 0.3) is 0 Å². The van der Waals surface area contributed by atoms with Gasteiger partial charge in [0.15, 0.2) is 0 Å². The molecule has 1 heterocycles. The lowest BCUT2D eigenvalue weighted by atomic mass is 9.71. The molecule has 0 radical (unpaired) electrons. The van der Waals surface area contributed by atoms with Crippen LogP contribution in [0.3, 0.4) is 0 Å². The van der Waals surface area contributed by atoms with Crippen LogP contribution < -0.4 is 5.32 Å². The standard InChI is InChI=1S/C30H36F3N3O4/c1-29(2,3)21-11-13-24(14-12-21)36-25(19-7-9-20(10-8-19)27(39)34-16-15-26(37)38)18-40-28(36)35-23-6-4-5-22(17-23)30(31,32)33/h4-10,17,21,24-25H,11-16,18H2,1-3H3,(H,34,39)(H,37,38)/b35-28-. The van der Waals surface area contributed by atoms with Crippen molar-refractivity contribution in [1.29, 1.82) is 0 Å². The van der Waals surface area contributed by atoms with Gasteiger partial charge in [-0.1, -0.05) is 39.0 Å². The zero-order valence-electron chi connectivity index (χ0n) is 23.0. The second kappa shape index (κ2) is 11.9. The molecule has 1 aliphatic carbocycles. The van der Waals surface area contributed by atoms with Crippen molar-refractivity contribution in [3.05, 3.63) is 65.2 Å². The minimum Gasteiger partial charge on any atom is -0.481 e. The van der Waals surface area contributed by atoms with E-state index < -0.39 is 17.7 Å². The Morgan fingerprint density at radius 3 is 2.33 bits per heavy atom. The van der Waals surface area contributed by atoms with Crippen molar-refractivity contribution in [3.63, 3.8) is 0 Å². The maximum absolute atomic E-state index is 13.3. The number of ether oxygens (including phenoxy) is 1. The molecule has 2 aromatic rings. The van der Waals surface area contributed by atoms with Crippen molar-refractivity contribution >= 4 is 23.6 Å². The number of carbonyl (C=O) groups is 2. The summed E-state index contributed by atoms with van der Waals surface area (Å²) in [5.74, 6) is -0.774. The van der Waals surface area contributed by atoms with Crippen molar-refractivity contribution in [3.8, 4) is 0 Å².